The molecular formula is C17H20BrN3. The first-order valence-corrected chi connectivity index (χ1v) is 8.07. The molecule has 1 aromatic carbocycles. The fraction of sp³-hybridized carbons (Fsp3) is 0.412. The summed E-state index contributed by atoms with van der Waals surface area (Å²) in [6.07, 6.45) is 4.65. The standard InChI is InChI=1S/C17H20BrN3/c1-17(2)8-14(19)13-10-20-16(21-15(13)9-17)7-11-4-3-5-12(18)6-11/h3-6,10,14H,7-9,19H2,1-2H3. The summed E-state index contributed by atoms with van der Waals surface area (Å²) >= 11 is 3.50. The van der Waals surface area contributed by atoms with Gasteiger partial charge in [-0.15, -0.1) is 0 Å². The van der Waals surface area contributed by atoms with E-state index in [-0.39, 0.29) is 11.5 Å². The fourth-order valence-electron chi connectivity index (χ4n) is 3.06. The van der Waals surface area contributed by atoms with Crippen molar-refractivity contribution in [3.05, 3.63) is 57.6 Å². The van der Waals surface area contributed by atoms with Crippen molar-refractivity contribution in [1.82, 2.24) is 9.97 Å². The van der Waals surface area contributed by atoms with Crippen molar-refractivity contribution in [3.8, 4) is 0 Å². The van der Waals surface area contributed by atoms with E-state index in [0.717, 1.165) is 40.8 Å². The predicted octanol–water partition coefficient (Wildman–Crippen LogP) is 3.80. The first kappa shape index (κ1) is 14.7. The van der Waals surface area contributed by atoms with Crippen LogP contribution in [0.3, 0.4) is 0 Å². The van der Waals surface area contributed by atoms with Crippen molar-refractivity contribution in [3.63, 3.8) is 0 Å². The smallest absolute Gasteiger partial charge is 0.132 e. The number of nitrogens with two attached hydrogens (primary N) is 1. The van der Waals surface area contributed by atoms with E-state index >= 15 is 0 Å². The van der Waals surface area contributed by atoms with Gasteiger partial charge in [-0.3, -0.25) is 0 Å². The van der Waals surface area contributed by atoms with Gasteiger partial charge >= 0.3 is 0 Å². The summed E-state index contributed by atoms with van der Waals surface area (Å²) in [6, 6.07) is 8.33. The third-order valence-corrected chi connectivity index (χ3v) is 4.51. The third kappa shape index (κ3) is 3.33. The van der Waals surface area contributed by atoms with Crippen LogP contribution in [0.15, 0.2) is 34.9 Å². The van der Waals surface area contributed by atoms with Crippen LogP contribution in [0.2, 0.25) is 0 Å². The van der Waals surface area contributed by atoms with Crippen LogP contribution in [-0.2, 0) is 12.8 Å². The first-order valence-electron chi connectivity index (χ1n) is 7.28. The topological polar surface area (TPSA) is 51.8 Å². The molecule has 0 saturated heterocycles. The van der Waals surface area contributed by atoms with Crippen molar-refractivity contribution in [2.75, 3.05) is 0 Å². The Labute approximate surface area is 134 Å². The number of hydrogen-bond donors (Lipinski definition) is 1. The van der Waals surface area contributed by atoms with Gasteiger partial charge in [0.2, 0.25) is 0 Å². The monoisotopic (exact) mass is 345 g/mol. The Kier molecular flexibility index (Phi) is 3.84. The van der Waals surface area contributed by atoms with Gasteiger partial charge in [0.15, 0.2) is 0 Å². The van der Waals surface area contributed by atoms with E-state index in [1.165, 1.54) is 5.56 Å². The van der Waals surface area contributed by atoms with Crippen LogP contribution in [0.25, 0.3) is 0 Å². The highest BCUT2D eigenvalue weighted by atomic mass is 79.9. The number of halogens is 1. The molecule has 1 heterocycles. The molecule has 0 amide bonds. The molecule has 21 heavy (non-hydrogen) atoms. The molecule has 0 saturated carbocycles. The molecule has 4 heteroatoms. The van der Waals surface area contributed by atoms with Crippen molar-refractivity contribution < 1.29 is 0 Å². The van der Waals surface area contributed by atoms with Gasteiger partial charge in [0.1, 0.15) is 5.82 Å². The quantitative estimate of drug-likeness (QED) is 0.900. The molecule has 0 fully saturated rings. The fourth-order valence-corrected chi connectivity index (χ4v) is 3.51. The summed E-state index contributed by atoms with van der Waals surface area (Å²) in [4.78, 5) is 9.29. The number of hydrogen-bond acceptors (Lipinski definition) is 3. The van der Waals surface area contributed by atoms with E-state index < -0.39 is 0 Å². The van der Waals surface area contributed by atoms with Gasteiger partial charge in [0.05, 0.1) is 0 Å². The Morgan fingerprint density at radius 3 is 2.95 bits per heavy atom. The highest BCUT2D eigenvalue weighted by Gasteiger charge is 2.31. The molecular weight excluding hydrogens is 326 g/mol. The number of rotatable bonds is 2. The van der Waals surface area contributed by atoms with E-state index in [9.17, 15) is 0 Å². The molecule has 2 aromatic rings. The zero-order valence-electron chi connectivity index (χ0n) is 12.4. The molecule has 1 unspecified atom stereocenters. The zero-order valence-corrected chi connectivity index (χ0v) is 14.0. The Morgan fingerprint density at radius 2 is 2.19 bits per heavy atom. The lowest BCUT2D eigenvalue weighted by atomic mass is 9.74. The Hall–Kier alpha value is -1.26. The van der Waals surface area contributed by atoms with Crippen molar-refractivity contribution in [2.45, 2.75) is 39.2 Å². The molecule has 0 aliphatic heterocycles. The average molecular weight is 346 g/mol. The van der Waals surface area contributed by atoms with Crippen LogP contribution in [0, 0.1) is 5.41 Å². The molecule has 0 radical (unpaired) electrons. The maximum absolute atomic E-state index is 6.26. The average Bonchev–Trinajstić information content (AvgIpc) is 2.36. The van der Waals surface area contributed by atoms with Crippen LogP contribution in [0.1, 0.15) is 49.0 Å². The molecule has 1 aliphatic carbocycles. The second-order valence-electron chi connectivity index (χ2n) is 6.65. The molecule has 2 N–H and O–H groups in total. The van der Waals surface area contributed by atoms with Crippen molar-refractivity contribution in [1.29, 1.82) is 0 Å². The second-order valence-corrected chi connectivity index (χ2v) is 7.56. The van der Waals surface area contributed by atoms with Gasteiger partial charge in [-0.05, 0) is 36.0 Å². The highest BCUT2D eigenvalue weighted by molar-refractivity contribution is 9.10. The van der Waals surface area contributed by atoms with Gasteiger partial charge in [-0.25, -0.2) is 9.97 Å². The van der Waals surface area contributed by atoms with E-state index in [1.807, 2.05) is 18.3 Å². The van der Waals surface area contributed by atoms with Crippen LogP contribution in [0.4, 0.5) is 0 Å². The number of fused-ring (bicyclic) bond motifs is 1. The summed E-state index contributed by atoms with van der Waals surface area (Å²) in [5, 5.41) is 0. The minimum absolute atomic E-state index is 0.0590. The molecule has 0 bridgehead atoms. The van der Waals surface area contributed by atoms with E-state index in [2.05, 4.69) is 46.9 Å². The maximum atomic E-state index is 6.26. The van der Waals surface area contributed by atoms with Gasteiger partial charge in [-0.1, -0.05) is 41.9 Å². The van der Waals surface area contributed by atoms with Crippen LogP contribution >= 0.6 is 15.9 Å². The lowest BCUT2D eigenvalue weighted by molar-refractivity contribution is 0.277. The molecule has 110 valence electrons. The summed E-state index contributed by atoms with van der Waals surface area (Å²) in [5.74, 6) is 0.872. The van der Waals surface area contributed by atoms with E-state index in [0.29, 0.717) is 0 Å². The molecule has 1 aliphatic rings. The van der Waals surface area contributed by atoms with Gasteiger partial charge < -0.3 is 5.73 Å². The van der Waals surface area contributed by atoms with E-state index in [1.54, 1.807) is 0 Å². The largest absolute Gasteiger partial charge is 0.324 e. The normalized spacial score (nSPS) is 20.1. The van der Waals surface area contributed by atoms with Crippen LogP contribution in [-0.4, -0.2) is 9.97 Å². The van der Waals surface area contributed by atoms with Crippen molar-refractivity contribution in [2.24, 2.45) is 11.1 Å². The lowest BCUT2D eigenvalue weighted by Crippen LogP contribution is -2.31. The molecule has 3 rings (SSSR count). The molecule has 3 nitrogen and oxygen atoms in total. The number of benzene rings is 1. The maximum Gasteiger partial charge on any atom is 0.132 e. The predicted molar refractivity (Wildman–Crippen MR) is 88.0 cm³/mol. The molecule has 1 aromatic heterocycles. The Balaban J connectivity index is 1.89. The third-order valence-electron chi connectivity index (χ3n) is 4.02. The van der Waals surface area contributed by atoms with Gasteiger partial charge in [0, 0.05) is 34.4 Å². The van der Waals surface area contributed by atoms with Gasteiger partial charge in [-0.2, -0.15) is 0 Å². The van der Waals surface area contributed by atoms with Crippen molar-refractivity contribution >= 4 is 15.9 Å². The summed E-state index contributed by atoms with van der Waals surface area (Å²) < 4.78 is 1.08. The summed E-state index contributed by atoms with van der Waals surface area (Å²) in [5.41, 5.74) is 9.93. The Bertz CT molecular complexity index is 667. The summed E-state index contributed by atoms with van der Waals surface area (Å²) in [7, 11) is 0. The zero-order chi connectivity index (χ0) is 15.0. The minimum atomic E-state index is 0.0590. The SMILES string of the molecule is CC1(C)Cc2nc(Cc3cccc(Br)c3)ncc2C(N)C1. The second kappa shape index (κ2) is 5.50. The highest BCUT2D eigenvalue weighted by Crippen LogP contribution is 2.38. The number of nitrogens with zero attached hydrogens (tertiary/aromatic N) is 2. The minimum Gasteiger partial charge on any atom is -0.324 e. The Morgan fingerprint density at radius 1 is 1.38 bits per heavy atom. The van der Waals surface area contributed by atoms with Gasteiger partial charge in [0.25, 0.3) is 0 Å². The lowest BCUT2D eigenvalue weighted by Gasteiger charge is -2.34. The molecule has 0 spiro atoms. The van der Waals surface area contributed by atoms with Crippen LogP contribution < -0.4 is 5.73 Å². The van der Waals surface area contributed by atoms with E-state index in [4.69, 9.17) is 10.7 Å². The molecule has 1 atom stereocenters. The van der Waals surface area contributed by atoms with Crippen LogP contribution in [0.5, 0.6) is 0 Å². The summed E-state index contributed by atoms with van der Waals surface area (Å²) in [6.45, 7) is 4.51. The first-order chi connectivity index (χ1) is 9.93. The number of aromatic nitrogens is 2.